The number of aliphatic carboxylic acids is 3. The van der Waals surface area contributed by atoms with E-state index in [-0.39, 0.29) is 104 Å². The molecule has 5 aliphatic carbocycles. The Morgan fingerprint density at radius 2 is 1.15 bits per heavy atom. The maximum atomic E-state index is 14.8. The molecular formula is C45H68Mg3O19. The van der Waals surface area contributed by atoms with E-state index in [1.165, 1.54) is 0 Å². The average molecular weight is 986 g/mol. The zero-order valence-corrected chi connectivity index (χ0v) is 44.8. The Morgan fingerprint density at radius 1 is 0.642 bits per heavy atom. The molecule has 0 aromatic heterocycles. The second kappa shape index (κ2) is 24.1. The Hall–Kier alpha value is -0.361. The molecule has 0 bridgehead atoms. The minimum atomic E-state index is -2.18. The third-order valence-electron chi connectivity index (χ3n) is 17.2. The molecule has 19 atom stereocenters. The van der Waals surface area contributed by atoms with Crippen molar-refractivity contribution >= 4 is 92.8 Å². The SMILES string of the molecule is CC1(C(=O)[O-])CCC2(C)CCC3(C)C(=CC(=O)C4C5(C)CCC(OC6OC(C(=O)[O-])C(OC7OC(C(=O)[O-])C(O)C(O)C7O)C(O)C6O)C(C)(C)C5CCC43C)C2C1.C[O-].C[O-].C[O-].[Mg+2].[Mg+2].[Mg+2]. The zero-order valence-electron chi connectivity index (χ0n) is 40.6. The van der Waals surface area contributed by atoms with Gasteiger partial charge in [-0.15, -0.1) is 0 Å². The van der Waals surface area contributed by atoms with Gasteiger partial charge in [-0.25, -0.2) is 0 Å². The Labute approximate surface area is 441 Å². The summed E-state index contributed by atoms with van der Waals surface area (Å²) in [5, 5.41) is 114. The molecule has 0 spiro atoms. The van der Waals surface area contributed by atoms with Gasteiger partial charge in [-0.1, -0.05) is 54.0 Å². The van der Waals surface area contributed by atoms with Gasteiger partial charge in [-0.05, 0) is 103 Å². The fourth-order valence-electron chi connectivity index (χ4n) is 13.3. The van der Waals surface area contributed by atoms with E-state index in [0.717, 1.165) is 59.0 Å². The van der Waals surface area contributed by atoms with Crippen LogP contribution in [0.15, 0.2) is 11.6 Å². The van der Waals surface area contributed by atoms with E-state index < -0.39 is 107 Å². The van der Waals surface area contributed by atoms with Crippen molar-refractivity contribution < 1.29 is 94.3 Å². The summed E-state index contributed by atoms with van der Waals surface area (Å²) in [7, 11) is 2.25. The van der Waals surface area contributed by atoms with Gasteiger partial charge in [-0.3, -0.25) is 4.79 Å². The molecule has 19 unspecified atom stereocenters. The summed E-state index contributed by atoms with van der Waals surface area (Å²) in [5.74, 6) is -5.33. The molecule has 0 amide bonds. The first kappa shape index (κ1) is 64.7. The Balaban J connectivity index is 0.00000240. The van der Waals surface area contributed by atoms with E-state index in [0.29, 0.717) is 25.7 Å². The molecule has 2 aliphatic heterocycles. The number of carbonyl (C=O) groups is 4. The van der Waals surface area contributed by atoms with Crippen molar-refractivity contribution in [3.05, 3.63) is 11.6 Å². The summed E-state index contributed by atoms with van der Waals surface area (Å²) in [6, 6.07) is 0. The third-order valence-corrected chi connectivity index (χ3v) is 17.2. The molecule has 7 aliphatic rings. The van der Waals surface area contributed by atoms with Crippen molar-refractivity contribution in [2.24, 2.45) is 50.2 Å². The Bertz CT molecular complexity index is 1760. The number of aliphatic hydroxyl groups excluding tert-OH is 5. The number of allylic oxidation sites excluding steroid dienone is 2. The molecule has 67 heavy (non-hydrogen) atoms. The number of aliphatic hydroxyl groups is 5. The fourth-order valence-corrected chi connectivity index (χ4v) is 13.3. The Morgan fingerprint density at radius 3 is 1.69 bits per heavy atom. The van der Waals surface area contributed by atoms with Gasteiger partial charge in [0.1, 0.15) is 48.8 Å². The Kier molecular flexibility index (Phi) is 23.3. The molecule has 5 N–H and O–H groups in total. The van der Waals surface area contributed by atoms with E-state index in [2.05, 4.69) is 27.7 Å². The van der Waals surface area contributed by atoms with Gasteiger partial charge in [0, 0.05) is 17.3 Å². The second-order valence-corrected chi connectivity index (χ2v) is 20.6. The molecule has 19 nitrogen and oxygen atoms in total. The van der Waals surface area contributed by atoms with Crippen LogP contribution in [0.25, 0.3) is 0 Å². The predicted octanol–water partition coefficient (Wildman–Crippen LogP) is -5.97. The first-order valence-electron chi connectivity index (χ1n) is 21.9. The van der Waals surface area contributed by atoms with Crippen LogP contribution in [0, 0.1) is 50.2 Å². The van der Waals surface area contributed by atoms with Crippen LogP contribution in [-0.4, -0.2) is 207 Å². The van der Waals surface area contributed by atoms with Crippen LogP contribution >= 0.6 is 0 Å². The number of carboxylic acid groups (broad SMARTS) is 3. The number of ketones is 1. The van der Waals surface area contributed by atoms with Crippen LogP contribution in [-0.2, 0) is 38.1 Å². The number of rotatable bonds is 7. The minimum Gasteiger partial charge on any atom is -0.857 e. The minimum absolute atomic E-state index is 0. The number of ether oxygens (including phenoxy) is 4. The quantitative estimate of drug-likeness (QED) is 0.117. The molecule has 0 radical (unpaired) electrons. The first-order chi connectivity index (χ1) is 29.8. The van der Waals surface area contributed by atoms with Crippen molar-refractivity contribution in [3.63, 3.8) is 0 Å². The number of hydrogen-bond donors (Lipinski definition) is 5. The van der Waals surface area contributed by atoms with Crippen molar-refractivity contribution in [1.82, 2.24) is 0 Å². The van der Waals surface area contributed by atoms with Crippen molar-refractivity contribution in [2.45, 2.75) is 174 Å². The van der Waals surface area contributed by atoms with Gasteiger partial charge in [0.25, 0.3) is 0 Å². The van der Waals surface area contributed by atoms with Crippen LogP contribution in [0.1, 0.15) is 106 Å². The second-order valence-electron chi connectivity index (χ2n) is 20.6. The molecule has 4 saturated carbocycles. The maximum absolute atomic E-state index is 14.8. The van der Waals surface area contributed by atoms with Crippen molar-refractivity contribution in [1.29, 1.82) is 0 Å². The van der Waals surface area contributed by atoms with Crippen LogP contribution in [0.2, 0.25) is 0 Å². The summed E-state index contributed by atoms with van der Waals surface area (Å²) in [4.78, 5) is 51.0. The van der Waals surface area contributed by atoms with Gasteiger partial charge >= 0.3 is 69.2 Å². The van der Waals surface area contributed by atoms with Gasteiger partial charge in [-0.2, -0.15) is 21.3 Å². The summed E-state index contributed by atoms with van der Waals surface area (Å²) in [5.41, 5.74) is -1.93. The molecule has 22 heteroatoms. The van der Waals surface area contributed by atoms with E-state index >= 15 is 0 Å². The summed E-state index contributed by atoms with van der Waals surface area (Å²) in [6.45, 7) is 14.7. The molecular weight excluding hydrogens is 917 g/mol. The van der Waals surface area contributed by atoms with Crippen LogP contribution in [0.4, 0.5) is 0 Å². The van der Waals surface area contributed by atoms with E-state index in [4.69, 9.17) is 34.3 Å². The number of fused-ring (bicyclic) bond motifs is 7. The number of carbonyl (C=O) groups excluding carboxylic acids is 4. The van der Waals surface area contributed by atoms with Crippen LogP contribution < -0.4 is 30.6 Å². The van der Waals surface area contributed by atoms with E-state index in [9.17, 15) is 60.0 Å². The van der Waals surface area contributed by atoms with E-state index in [1.54, 1.807) is 6.92 Å². The molecule has 368 valence electrons. The van der Waals surface area contributed by atoms with Gasteiger partial charge in [0.05, 0.1) is 18.0 Å². The summed E-state index contributed by atoms with van der Waals surface area (Å²) < 4.78 is 22.5. The number of hydrogen-bond acceptors (Lipinski definition) is 19. The smallest absolute Gasteiger partial charge is 0.857 e. The monoisotopic (exact) mass is 984 g/mol. The van der Waals surface area contributed by atoms with Gasteiger partial charge in [0.15, 0.2) is 18.4 Å². The average Bonchev–Trinajstić information content (AvgIpc) is 3.24. The van der Waals surface area contributed by atoms with Crippen molar-refractivity contribution in [2.75, 3.05) is 21.3 Å². The standard InChI is InChI=1S/C42H62O16.3CH3O.3Mg/c1-37(2)21-8-11-42(7)31(20(43)16-18-19-17-39(4,36(53)54)13-12-38(19,3)14-15-41(18,42)6)40(21,5)10-9-22(37)55-34-27(48)25(46)28(30(58-34)33(51)52)56-35-26(47)23(44)24(45)29(57-35)32(49)50;3*1-2;;;/h16,19,21-31,34-35,44-48H,8-15,17H2,1-7H3,(H,49,50)(H,51,52)(H,53,54);3*1H3;;;/q;3*-1;3*+2/p-3. The molecule has 0 aromatic rings. The fraction of sp³-hybridized carbons (Fsp3) is 0.867. The summed E-state index contributed by atoms with van der Waals surface area (Å²) >= 11 is 0. The van der Waals surface area contributed by atoms with E-state index in [1.807, 2.05) is 19.9 Å². The van der Waals surface area contributed by atoms with Crippen molar-refractivity contribution in [3.8, 4) is 0 Å². The van der Waals surface area contributed by atoms with Gasteiger partial charge in [0.2, 0.25) is 0 Å². The topological polar surface area (TPSA) is 345 Å². The third kappa shape index (κ3) is 11.0. The molecule has 6 fully saturated rings. The van der Waals surface area contributed by atoms with Gasteiger partial charge < -0.3 is 89.5 Å². The predicted molar refractivity (Wildman–Crippen MR) is 227 cm³/mol. The zero-order chi connectivity index (χ0) is 48.9. The van der Waals surface area contributed by atoms with Crippen LogP contribution in [0.5, 0.6) is 0 Å². The molecule has 2 heterocycles. The molecule has 7 rings (SSSR count). The summed E-state index contributed by atoms with van der Waals surface area (Å²) in [6.07, 6.45) is -13.3. The molecule has 2 saturated heterocycles. The first-order valence-corrected chi connectivity index (χ1v) is 21.9. The number of carboxylic acids is 3. The molecule has 0 aromatic carbocycles. The van der Waals surface area contributed by atoms with Crippen LogP contribution in [0.3, 0.4) is 0 Å². The largest absolute Gasteiger partial charge is 2.00 e. The normalized spacial score (nSPS) is 45.8. The maximum Gasteiger partial charge on any atom is 2.00 e.